The first-order chi connectivity index (χ1) is 9.40. The van der Waals surface area contributed by atoms with Gasteiger partial charge in [-0.05, 0) is 25.1 Å². The Morgan fingerprint density at radius 3 is 2.65 bits per heavy atom. The van der Waals surface area contributed by atoms with E-state index in [9.17, 15) is 13.2 Å². The fourth-order valence-electron chi connectivity index (χ4n) is 1.42. The van der Waals surface area contributed by atoms with Crippen LogP contribution in [0.25, 0.3) is 0 Å². The lowest BCUT2D eigenvalue weighted by atomic mass is 10.3. The van der Waals surface area contributed by atoms with Crippen LogP contribution in [0, 0.1) is 0 Å². The van der Waals surface area contributed by atoms with Gasteiger partial charge in [0.05, 0.1) is 30.1 Å². The third kappa shape index (κ3) is 4.66. The van der Waals surface area contributed by atoms with Crippen molar-refractivity contribution in [2.75, 3.05) is 20.3 Å². The molecular formula is C12H16ClNO5S. The number of hydrogen-bond acceptors (Lipinski definition) is 5. The maximum Gasteiger partial charge on any atom is 0.307 e. The molecule has 0 saturated heterocycles. The molecule has 0 bridgehead atoms. The van der Waals surface area contributed by atoms with Gasteiger partial charge in [-0.25, -0.2) is 13.1 Å². The molecule has 0 saturated carbocycles. The van der Waals surface area contributed by atoms with Gasteiger partial charge in [0.1, 0.15) is 5.75 Å². The van der Waals surface area contributed by atoms with Crippen LogP contribution in [0.2, 0.25) is 5.02 Å². The average Bonchev–Trinajstić information content (AvgIpc) is 2.38. The van der Waals surface area contributed by atoms with Crippen molar-refractivity contribution in [2.24, 2.45) is 0 Å². The number of benzene rings is 1. The van der Waals surface area contributed by atoms with Gasteiger partial charge in [0.2, 0.25) is 10.0 Å². The molecule has 0 radical (unpaired) electrons. The number of carbonyl (C=O) groups is 1. The molecule has 0 aliphatic carbocycles. The summed E-state index contributed by atoms with van der Waals surface area (Å²) in [4.78, 5) is 11.1. The number of carbonyl (C=O) groups excluding carboxylic acids is 1. The zero-order chi connectivity index (χ0) is 15.2. The van der Waals surface area contributed by atoms with E-state index in [0.717, 1.165) is 0 Å². The minimum absolute atomic E-state index is 0.00663. The molecule has 0 aliphatic heterocycles. The number of esters is 1. The molecule has 0 spiro atoms. The lowest BCUT2D eigenvalue weighted by molar-refractivity contribution is -0.142. The van der Waals surface area contributed by atoms with Crippen molar-refractivity contribution in [3.63, 3.8) is 0 Å². The van der Waals surface area contributed by atoms with E-state index < -0.39 is 16.0 Å². The van der Waals surface area contributed by atoms with Crippen LogP contribution >= 0.6 is 11.6 Å². The summed E-state index contributed by atoms with van der Waals surface area (Å²) < 4.78 is 35.9. The Balaban J connectivity index is 2.69. The van der Waals surface area contributed by atoms with Crippen LogP contribution in [0.5, 0.6) is 5.75 Å². The Morgan fingerprint density at radius 1 is 1.40 bits per heavy atom. The fraction of sp³-hybridized carbons (Fsp3) is 0.417. The monoisotopic (exact) mass is 321 g/mol. The number of rotatable bonds is 7. The third-order valence-electron chi connectivity index (χ3n) is 2.36. The van der Waals surface area contributed by atoms with Gasteiger partial charge in [0, 0.05) is 6.54 Å². The van der Waals surface area contributed by atoms with Crippen molar-refractivity contribution >= 4 is 27.6 Å². The van der Waals surface area contributed by atoms with Crippen molar-refractivity contribution in [2.45, 2.75) is 18.2 Å². The molecule has 0 unspecified atom stereocenters. The van der Waals surface area contributed by atoms with Crippen molar-refractivity contribution in [1.82, 2.24) is 4.72 Å². The van der Waals surface area contributed by atoms with Crippen LogP contribution in [0.3, 0.4) is 0 Å². The Kier molecular flexibility index (Phi) is 6.25. The highest BCUT2D eigenvalue weighted by atomic mass is 35.5. The van der Waals surface area contributed by atoms with E-state index >= 15 is 0 Å². The van der Waals surface area contributed by atoms with E-state index in [4.69, 9.17) is 21.1 Å². The molecule has 0 aliphatic rings. The predicted molar refractivity (Wildman–Crippen MR) is 74.4 cm³/mol. The van der Waals surface area contributed by atoms with Crippen LogP contribution in [-0.4, -0.2) is 34.6 Å². The highest BCUT2D eigenvalue weighted by molar-refractivity contribution is 7.89. The normalized spacial score (nSPS) is 11.2. The summed E-state index contributed by atoms with van der Waals surface area (Å²) in [5.41, 5.74) is 0. The van der Waals surface area contributed by atoms with Gasteiger partial charge >= 0.3 is 5.97 Å². The topological polar surface area (TPSA) is 81.7 Å². The minimum atomic E-state index is -3.72. The number of sulfonamides is 1. The van der Waals surface area contributed by atoms with Gasteiger partial charge in [0.15, 0.2) is 0 Å². The van der Waals surface area contributed by atoms with Crippen molar-refractivity contribution in [1.29, 1.82) is 0 Å². The SMILES string of the molecule is CCOC(=O)CCNS(=O)(=O)c1ccc(OC)c(Cl)c1. The number of halogens is 1. The molecule has 8 heteroatoms. The quantitative estimate of drug-likeness (QED) is 0.771. The standard InChI is InChI=1S/C12H16ClNO5S/c1-3-19-12(15)6-7-14-20(16,17)9-4-5-11(18-2)10(13)8-9/h4-5,8,14H,3,6-7H2,1-2H3. The first kappa shape index (κ1) is 16.7. The number of ether oxygens (including phenoxy) is 2. The molecule has 1 rings (SSSR count). The Morgan fingerprint density at radius 2 is 2.10 bits per heavy atom. The second-order valence-electron chi connectivity index (χ2n) is 3.75. The zero-order valence-corrected chi connectivity index (χ0v) is 12.8. The lowest BCUT2D eigenvalue weighted by Crippen LogP contribution is -2.26. The molecule has 1 N–H and O–H groups in total. The molecule has 6 nitrogen and oxygen atoms in total. The van der Waals surface area contributed by atoms with Crippen molar-refractivity contribution in [3.8, 4) is 5.75 Å². The summed E-state index contributed by atoms with van der Waals surface area (Å²) in [6.45, 7) is 1.91. The minimum Gasteiger partial charge on any atom is -0.495 e. The van der Waals surface area contributed by atoms with E-state index in [1.807, 2.05) is 0 Å². The number of hydrogen-bond donors (Lipinski definition) is 1. The third-order valence-corrected chi connectivity index (χ3v) is 4.11. The molecule has 0 heterocycles. The maximum absolute atomic E-state index is 12.0. The fourth-order valence-corrected chi connectivity index (χ4v) is 2.80. The Hall–Kier alpha value is -1.31. The van der Waals surface area contributed by atoms with Crippen LogP contribution < -0.4 is 9.46 Å². The molecule has 112 valence electrons. The van der Waals surface area contributed by atoms with Gasteiger partial charge < -0.3 is 9.47 Å². The molecule has 1 aromatic rings. The average molecular weight is 322 g/mol. The summed E-state index contributed by atoms with van der Waals surface area (Å²) in [6, 6.07) is 4.12. The Bertz CT molecular complexity index is 573. The summed E-state index contributed by atoms with van der Waals surface area (Å²) in [5.74, 6) is -0.0693. The van der Waals surface area contributed by atoms with Crippen LogP contribution in [0.4, 0.5) is 0 Å². The molecule has 0 atom stereocenters. The lowest BCUT2D eigenvalue weighted by Gasteiger charge is -2.08. The van der Waals surface area contributed by atoms with Gasteiger partial charge in [0.25, 0.3) is 0 Å². The highest BCUT2D eigenvalue weighted by Crippen LogP contribution is 2.26. The summed E-state index contributed by atoms with van der Waals surface area (Å²) >= 11 is 5.87. The summed E-state index contributed by atoms with van der Waals surface area (Å²) in [6.07, 6.45) is -0.0308. The first-order valence-electron chi connectivity index (χ1n) is 5.89. The number of methoxy groups -OCH3 is 1. The second kappa shape index (κ2) is 7.47. The number of nitrogens with one attached hydrogen (secondary N) is 1. The molecule has 1 aromatic carbocycles. The van der Waals surface area contributed by atoms with Crippen molar-refractivity contribution in [3.05, 3.63) is 23.2 Å². The molecule has 0 amide bonds. The molecular weight excluding hydrogens is 306 g/mol. The van der Waals surface area contributed by atoms with Gasteiger partial charge in [-0.3, -0.25) is 4.79 Å². The maximum atomic E-state index is 12.0. The van der Waals surface area contributed by atoms with E-state index in [0.29, 0.717) is 5.75 Å². The van der Waals surface area contributed by atoms with Crippen LogP contribution in [-0.2, 0) is 19.6 Å². The van der Waals surface area contributed by atoms with E-state index in [1.54, 1.807) is 6.92 Å². The molecule has 0 aromatic heterocycles. The summed E-state index contributed by atoms with van der Waals surface area (Å²) in [5, 5.41) is 0.195. The van der Waals surface area contributed by atoms with Crippen LogP contribution in [0.15, 0.2) is 23.1 Å². The van der Waals surface area contributed by atoms with Crippen molar-refractivity contribution < 1.29 is 22.7 Å². The van der Waals surface area contributed by atoms with E-state index in [2.05, 4.69) is 4.72 Å². The van der Waals surface area contributed by atoms with Crippen LogP contribution in [0.1, 0.15) is 13.3 Å². The molecule has 20 heavy (non-hydrogen) atoms. The molecule has 0 fully saturated rings. The second-order valence-corrected chi connectivity index (χ2v) is 5.92. The zero-order valence-electron chi connectivity index (χ0n) is 11.2. The van der Waals surface area contributed by atoms with Gasteiger partial charge in [-0.15, -0.1) is 0 Å². The largest absolute Gasteiger partial charge is 0.495 e. The summed E-state index contributed by atoms with van der Waals surface area (Å²) in [7, 11) is -2.28. The van der Waals surface area contributed by atoms with E-state index in [-0.39, 0.29) is 29.5 Å². The van der Waals surface area contributed by atoms with Gasteiger partial charge in [-0.1, -0.05) is 11.6 Å². The van der Waals surface area contributed by atoms with Gasteiger partial charge in [-0.2, -0.15) is 0 Å². The predicted octanol–water partition coefficient (Wildman–Crippen LogP) is 1.58. The highest BCUT2D eigenvalue weighted by Gasteiger charge is 2.16. The first-order valence-corrected chi connectivity index (χ1v) is 7.75. The Labute approximate surface area is 123 Å². The van der Waals surface area contributed by atoms with E-state index in [1.165, 1.54) is 25.3 Å². The smallest absolute Gasteiger partial charge is 0.307 e.